The number of methoxy groups -OCH3 is 1. The smallest absolute Gasteiger partial charge is 0.411 e. The maximum Gasteiger partial charge on any atom is 0.411 e. The van der Waals surface area contributed by atoms with Gasteiger partial charge in [-0.3, -0.25) is 9.69 Å². The number of benzene rings is 1. The van der Waals surface area contributed by atoms with Crippen molar-refractivity contribution in [1.82, 2.24) is 4.90 Å². The van der Waals surface area contributed by atoms with Crippen LogP contribution in [0.25, 0.3) is 0 Å². The molecule has 1 aromatic rings. The third-order valence-corrected chi connectivity index (χ3v) is 4.81. The van der Waals surface area contributed by atoms with Crippen molar-refractivity contribution in [1.29, 1.82) is 0 Å². The molecule has 0 bridgehead atoms. The molecule has 0 N–H and O–H groups in total. The van der Waals surface area contributed by atoms with Crippen LogP contribution >= 0.6 is 11.8 Å². The summed E-state index contributed by atoms with van der Waals surface area (Å²) in [6, 6.07) is 7.31. The number of rotatable bonds is 4. The Hall–Kier alpha value is -1.89. The van der Waals surface area contributed by atoms with E-state index < -0.39 is 23.8 Å². The van der Waals surface area contributed by atoms with Crippen molar-refractivity contribution in [3.05, 3.63) is 29.8 Å². The molecular formula is C18H25NO5S. The summed E-state index contributed by atoms with van der Waals surface area (Å²) in [4.78, 5) is 25.8. The first-order valence-corrected chi connectivity index (χ1v) is 9.18. The number of nitrogens with zero attached hydrogens (tertiary/aromatic N) is 1. The molecule has 0 unspecified atom stereocenters. The van der Waals surface area contributed by atoms with Gasteiger partial charge in [-0.25, -0.2) is 4.79 Å². The molecule has 6 nitrogen and oxygen atoms in total. The fourth-order valence-electron chi connectivity index (χ4n) is 2.52. The number of carbonyl (C=O) groups excluding carboxylic acids is 2. The average Bonchev–Trinajstić information content (AvgIpc) is 3.00. The van der Waals surface area contributed by atoms with Gasteiger partial charge in [-0.05, 0) is 38.5 Å². The lowest BCUT2D eigenvalue weighted by Crippen LogP contribution is -2.42. The number of amides is 1. The highest BCUT2D eigenvalue weighted by atomic mass is 32.2. The maximum atomic E-state index is 12.5. The lowest BCUT2D eigenvalue weighted by atomic mass is 10.1. The van der Waals surface area contributed by atoms with Crippen LogP contribution in [0, 0.1) is 0 Å². The molecule has 138 valence electrons. The molecule has 1 aliphatic rings. The monoisotopic (exact) mass is 367 g/mol. The van der Waals surface area contributed by atoms with Gasteiger partial charge in [0.2, 0.25) is 0 Å². The summed E-state index contributed by atoms with van der Waals surface area (Å²) in [7, 11) is 1.59. The van der Waals surface area contributed by atoms with Gasteiger partial charge in [0.05, 0.1) is 7.11 Å². The molecule has 0 radical (unpaired) electrons. The lowest BCUT2D eigenvalue weighted by Gasteiger charge is -2.32. The summed E-state index contributed by atoms with van der Waals surface area (Å²) in [5, 5.41) is -0.327. The molecule has 2 atom stereocenters. The van der Waals surface area contributed by atoms with Crippen LogP contribution in [-0.2, 0) is 14.3 Å². The molecule has 25 heavy (non-hydrogen) atoms. The normalized spacial score (nSPS) is 18.6. The van der Waals surface area contributed by atoms with Crippen LogP contribution < -0.4 is 4.74 Å². The molecule has 1 heterocycles. The zero-order chi connectivity index (χ0) is 18.6. The predicted molar refractivity (Wildman–Crippen MR) is 96.7 cm³/mol. The lowest BCUT2D eigenvalue weighted by molar-refractivity contribution is -0.148. The topological polar surface area (TPSA) is 65.1 Å². The highest BCUT2D eigenvalue weighted by molar-refractivity contribution is 8.00. The second-order valence-corrected chi connectivity index (χ2v) is 7.96. The third-order valence-electron chi connectivity index (χ3n) is 3.55. The molecule has 1 aliphatic heterocycles. The molecule has 7 heteroatoms. The molecule has 1 fully saturated rings. The van der Waals surface area contributed by atoms with Crippen LogP contribution in [0.5, 0.6) is 5.75 Å². The molecule has 0 aliphatic carbocycles. The summed E-state index contributed by atoms with van der Waals surface area (Å²) in [5.41, 5.74) is 0.232. The Kier molecular flexibility index (Phi) is 6.21. The van der Waals surface area contributed by atoms with Gasteiger partial charge in [0.25, 0.3) is 0 Å². The number of ether oxygens (including phenoxy) is 3. The number of carbonyl (C=O) groups is 2. The van der Waals surface area contributed by atoms with Crippen LogP contribution in [-0.4, -0.2) is 47.3 Å². The van der Waals surface area contributed by atoms with Gasteiger partial charge < -0.3 is 14.2 Å². The standard InChI is InChI=1S/C18H25NO5S/c1-12(20)23-15(13-6-8-14(22-5)9-7-13)16-19(10-11-25-16)17(21)24-18(2,3)4/h6-9,15-16H,10-11H2,1-5H3/t15-,16+/m0/s1. The first-order valence-electron chi connectivity index (χ1n) is 8.13. The summed E-state index contributed by atoms with van der Waals surface area (Å²) < 4.78 is 16.2. The number of thioether (sulfide) groups is 1. The van der Waals surface area contributed by atoms with Crippen molar-refractivity contribution in [3.8, 4) is 5.75 Å². The molecule has 0 saturated carbocycles. The van der Waals surface area contributed by atoms with Gasteiger partial charge in [-0.15, -0.1) is 11.8 Å². The van der Waals surface area contributed by atoms with Gasteiger partial charge in [-0.2, -0.15) is 0 Å². The van der Waals surface area contributed by atoms with Crippen molar-refractivity contribution >= 4 is 23.8 Å². The van der Waals surface area contributed by atoms with E-state index in [1.165, 1.54) is 6.92 Å². The molecule has 1 saturated heterocycles. The Labute approximate surface area is 152 Å². The van der Waals surface area contributed by atoms with Crippen molar-refractivity contribution in [2.24, 2.45) is 0 Å². The van der Waals surface area contributed by atoms with E-state index in [1.807, 2.05) is 45.0 Å². The van der Waals surface area contributed by atoms with Crippen LogP contribution in [0.4, 0.5) is 4.79 Å². The molecule has 2 rings (SSSR count). The fraction of sp³-hybridized carbons (Fsp3) is 0.556. The van der Waals surface area contributed by atoms with E-state index in [2.05, 4.69) is 0 Å². The van der Waals surface area contributed by atoms with Crippen LogP contribution in [0.2, 0.25) is 0 Å². The van der Waals surface area contributed by atoms with E-state index in [0.717, 1.165) is 11.3 Å². The minimum atomic E-state index is -0.577. The maximum absolute atomic E-state index is 12.5. The number of hydrogen-bond donors (Lipinski definition) is 0. The van der Waals surface area contributed by atoms with Crippen molar-refractivity contribution in [2.45, 2.75) is 44.8 Å². The van der Waals surface area contributed by atoms with Crippen LogP contribution in [0.15, 0.2) is 24.3 Å². The second kappa shape index (κ2) is 7.99. The summed E-state index contributed by atoms with van der Waals surface area (Å²) in [6.07, 6.45) is -0.961. The highest BCUT2D eigenvalue weighted by Crippen LogP contribution is 2.38. The average molecular weight is 367 g/mol. The highest BCUT2D eigenvalue weighted by Gasteiger charge is 2.40. The molecule has 1 amide bonds. The Bertz CT molecular complexity index is 611. The molecule has 0 aromatic heterocycles. The number of esters is 1. The van der Waals surface area contributed by atoms with Gasteiger partial charge >= 0.3 is 12.1 Å². The van der Waals surface area contributed by atoms with E-state index in [0.29, 0.717) is 12.3 Å². The Morgan fingerprint density at radius 1 is 1.24 bits per heavy atom. The van der Waals surface area contributed by atoms with E-state index in [4.69, 9.17) is 14.2 Å². The van der Waals surface area contributed by atoms with Crippen LogP contribution in [0.3, 0.4) is 0 Å². The number of hydrogen-bond acceptors (Lipinski definition) is 6. The molecular weight excluding hydrogens is 342 g/mol. The Morgan fingerprint density at radius 3 is 2.40 bits per heavy atom. The Balaban J connectivity index is 2.25. The van der Waals surface area contributed by atoms with Gasteiger partial charge in [-0.1, -0.05) is 12.1 Å². The first-order chi connectivity index (χ1) is 11.7. The van der Waals surface area contributed by atoms with Crippen molar-refractivity contribution in [2.75, 3.05) is 19.4 Å². The summed E-state index contributed by atoms with van der Waals surface area (Å²) in [5.74, 6) is 1.09. The first kappa shape index (κ1) is 19.4. The zero-order valence-corrected chi connectivity index (χ0v) is 16.1. The van der Waals surface area contributed by atoms with E-state index >= 15 is 0 Å². The van der Waals surface area contributed by atoms with Crippen molar-refractivity contribution in [3.63, 3.8) is 0 Å². The van der Waals surface area contributed by atoms with Crippen LogP contribution in [0.1, 0.15) is 39.4 Å². The van der Waals surface area contributed by atoms with E-state index in [-0.39, 0.29) is 5.37 Å². The molecule has 0 spiro atoms. The van der Waals surface area contributed by atoms with Gasteiger partial charge in [0, 0.05) is 19.2 Å². The van der Waals surface area contributed by atoms with E-state index in [9.17, 15) is 9.59 Å². The largest absolute Gasteiger partial charge is 0.497 e. The third kappa shape index (κ3) is 5.29. The Morgan fingerprint density at radius 2 is 1.88 bits per heavy atom. The van der Waals surface area contributed by atoms with Crippen molar-refractivity contribution < 1.29 is 23.8 Å². The van der Waals surface area contributed by atoms with Gasteiger partial charge in [0.15, 0.2) is 6.10 Å². The zero-order valence-electron chi connectivity index (χ0n) is 15.3. The minimum Gasteiger partial charge on any atom is -0.497 e. The summed E-state index contributed by atoms with van der Waals surface area (Å²) in [6.45, 7) is 7.41. The minimum absolute atomic E-state index is 0.327. The quantitative estimate of drug-likeness (QED) is 0.758. The molecule has 1 aromatic carbocycles. The SMILES string of the molecule is COc1ccc([C@H](OC(C)=O)[C@H]2SCCN2C(=O)OC(C)(C)C)cc1. The summed E-state index contributed by atoms with van der Waals surface area (Å²) >= 11 is 1.58. The van der Waals surface area contributed by atoms with Gasteiger partial charge in [0.1, 0.15) is 16.7 Å². The predicted octanol–water partition coefficient (Wildman–Crippen LogP) is 3.61. The fourth-order valence-corrected chi connectivity index (χ4v) is 3.82. The second-order valence-electron chi connectivity index (χ2n) is 6.74. The van der Waals surface area contributed by atoms with E-state index in [1.54, 1.807) is 23.8 Å².